The lowest BCUT2D eigenvalue weighted by Gasteiger charge is -2.22. The zero-order chi connectivity index (χ0) is 15.7. The Morgan fingerprint density at radius 2 is 1.71 bits per heavy atom. The fourth-order valence-electron chi connectivity index (χ4n) is 2.34. The van der Waals surface area contributed by atoms with Crippen LogP contribution in [0.5, 0.6) is 0 Å². The van der Waals surface area contributed by atoms with Crippen LogP contribution in [0.2, 0.25) is 0 Å². The number of hydrogen-bond donors (Lipinski definition) is 1. The van der Waals surface area contributed by atoms with Crippen LogP contribution in [0, 0.1) is 0 Å². The van der Waals surface area contributed by atoms with Gasteiger partial charge in [-0.15, -0.1) is 0 Å². The van der Waals surface area contributed by atoms with E-state index in [4.69, 9.17) is 0 Å². The Morgan fingerprint density at radius 3 is 2.24 bits per heavy atom. The Kier molecular flexibility index (Phi) is 7.75. The standard InChI is InChI=1S/C16H25F3N2/c1-3-21(4-2)12-8-11-20-15(13-16(17,18)19)14-9-6-5-7-10-14/h5-7,9-10,15,20H,3-4,8,11-13H2,1-2H3. The van der Waals surface area contributed by atoms with Gasteiger partial charge in [0, 0.05) is 6.04 Å². The lowest BCUT2D eigenvalue weighted by atomic mass is 10.0. The van der Waals surface area contributed by atoms with Gasteiger partial charge in [-0.3, -0.25) is 0 Å². The van der Waals surface area contributed by atoms with E-state index in [2.05, 4.69) is 24.1 Å². The third-order valence-electron chi connectivity index (χ3n) is 3.57. The summed E-state index contributed by atoms with van der Waals surface area (Å²) in [4.78, 5) is 2.27. The zero-order valence-corrected chi connectivity index (χ0v) is 12.8. The minimum atomic E-state index is -4.16. The van der Waals surface area contributed by atoms with Crippen LogP contribution in [0.4, 0.5) is 13.2 Å². The van der Waals surface area contributed by atoms with E-state index in [-0.39, 0.29) is 0 Å². The summed E-state index contributed by atoms with van der Waals surface area (Å²) in [5.41, 5.74) is 0.692. The molecule has 1 atom stereocenters. The van der Waals surface area contributed by atoms with Gasteiger partial charge in [-0.05, 0) is 38.2 Å². The van der Waals surface area contributed by atoms with Gasteiger partial charge in [-0.2, -0.15) is 13.2 Å². The van der Waals surface area contributed by atoms with Gasteiger partial charge in [0.25, 0.3) is 0 Å². The second-order valence-electron chi connectivity index (χ2n) is 5.12. The van der Waals surface area contributed by atoms with E-state index < -0.39 is 18.6 Å². The molecule has 2 nitrogen and oxygen atoms in total. The van der Waals surface area contributed by atoms with E-state index in [0.717, 1.165) is 26.1 Å². The van der Waals surface area contributed by atoms with E-state index in [0.29, 0.717) is 12.1 Å². The average Bonchev–Trinajstić information content (AvgIpc) is 2.46. The third kappa shape index (κ3) is 7.48. The summed E-state index contributed by atoms with van der Waals surface area (Å²) in [6.45, 7) is 7.63. The number of halogens is 3. The molecule has 0 fully saturated rings. The van der Waals surface area contributed by atoms with Crippen LogP contribution >= 0.6 is 0 Å². The quantitative estimate of drug-likeness (QED) is 0.694. The van der Waals surface area contributed by atoms with E-state index in [1.165, 1.54) is 0 Å². The first kappa shape index (κ1) is 18.0. The summed E-state index contributed by atoms with van der Waals surface area (Å²) in [6.07, 6.45) is -4.14. The topological polar surface area (TPSA) is 15.3 Å². The minimum absolute atomic E-state index is 0.589. The van der Waals surface area contributed by atoms with E-state index >= 15 is 0 Å². The molecule has 1 aromatic carbocycles. The van der Waals surface area contributed by atoms with Crippen LogP contribution in [-0.2, 0) is 0 Å². The zero-order valence-electron chi connectivity index (χ0n) is 12.8. The van der Waals surface area contributed by atoms with Crippen LogP contribution in [-0.4, -0.2) is 37.3 Å². The Hall–Kier alpha value is -1.07. The van der Waals surface area contributed by atoms with Crippen molar-refractivity contribution in [2.45, 2.75) is 38.9 Å². The number of alkyl halides is 3. The highest BCUT2D eigenvalue weighted by molar-refractivity contribution is 5.19. The fraction of sp³-hybridized carbons (Fsp3) is 0.625. The molecule has 0 saturated heterocycles. The molecule has 0 saturated carbocycles. The number of nitrogens with zero attached hydrogens (tertiary/aromatic N) is 1. The first-order valence-electron chi connectivity index (χ1n) is 7.53. The molecular formula is C16H25F3N2. The molecule has 0 spiro atoms. The van der Waals surface area contributed by atoms with Gasteiger partial charge in [0.1, 0.15) is 0 Å². The summed E-state index contributed by atoms with van der Waals surface area (Å²) in [7, 11) is 0. The summed E-state index contributed by atoms with van der Waals surface area (Å²) in [6, 6.07) is 8.19. The SMILES string of the molecule is CCN(CC)CCCNC(CC(F)(F)F)c1ccccc1. The lowest BCUT2D eigenvalue weighted by molar-refractivity contribution is -0.140. The Bertz CT molecular complexity index is 375. The summed E-state index contributed by atoms with van der Waals surface area (Å²) in [5.74, 6) is 0. The second-order valence-corrected chi connectivity index (χ2v) is 5.12. The molecule has 0 radical (unpaired) electrons. The van der Waals surface area contributed by atoms with Gasteiger partial charge in [-0.25, -0.2) is 0 Å². The van der Waals surface area contributed by atoms with Crippen molar-refractivity contribution in [1.82, 2.24) is 10.2 Å². The monoisotopic (exact) mass is 302 g/mol. The van der Waals surface area contributed by atoms with E-state index in [9.17, 15) is 13.2 Å². The number of benzene rings is 1. The Morgan fingerprint density at radius 1 is 1.10 bits per heavy atom. The van der Waals surface area contributed by atoms with Crippen molar-refractivity contribution in [2.24, 2.45) is 0 Å². The molecule has 1 rings (SSSR count). The molecule has 0 aliphatic heterocycles. The Balaban J connectivity index is 2.51. The molecular weight excluding hydrogens is 277 g/mol. The van der Waals surface area contributed by atoms with Gasteiger partial charge < -0.3 is 10.2 Å². The first-order valence-corrected chi connectivity index (χ1v) is 7.53. The highest BCUT2D eigenvalue weighted by Crippen LogP contribution is 2.29. The number of nitrogens with one attached hydrogen (secondary N) is 1. The van der Waals surface area contributed by atoms with Crippen LogP contribution < -0.4 is 5.32 Å². The van der Waals surface area contributed by atoms with Crippen LogP contribution in [0.1, 0.15) is 38.3 Å². The molecule has 120 valence electrons. The number of hydrogen-bond acceptors (Lipinski definition) is 2. The molecule has 0 amide bonds. The number of rotatable bonds is 9. The molecule has 1 aromatic rings. The summed E-state index contributed by atoms with van der Waals surface area (Å²) in [5, 5.41) is 3.05. The molecule has 0 aliphatic carbocycles. The van der Waals surface area contributed by atoms with Crippen LogP contribution in [0.25, 0.3) is 0 Å². The molecule has 0 bridgehead atoms. The van der Waals surface area contributed by atoms with Gasteiger partial charge >= 0.3 is 6.18 Å². The minimum Gasteiger partial charge on any atom is -0.310 e. The smallest absolute Gasteiger partial charge is 0.310 e. The van der Waals surface area contributed by atoms with Gasteiger partial charge in [-0.1, -0.05) is 44.2 Å². The molecule has 21 heavy (non-hydrogen) atoms. The second kappa shape index (κ2) is 9.05. The molecule has 0 aliphatic rings. The van der Waals surface area contributed by atoms with Crippen molar-refractivity contribution in [1.29, 1.82) is 0 Å². The summed E-state index contributed by atoms with van der Waals surface area (Å²) < 4.78 is 38.1. The molecule has 1 N–H and O–H groups in total. The third-order valence-corrected chi connectivity index (χ3v) is 3.57. The molecule has 5 heteroatoms. The Labute approximate surface area is 125 Å². The van der Waals surface area contributed by atoms with E-state index in [1.54, 1.807) is 24.3 Å². The first-order chi connectivity index (χ1) is 9.96. The highest BCUT2D eigenvalue weighted by Gasteiger charge is 2.32. The summed E-state index contributed by atoms with van der Waals surface area (Å²) >= 11 is 0. The predicted molar refractivity (Wildman–Crippen MR) is 80.3 cm³/mol. The van der Waals surface area contributed by atoms with Crippen LogP contribution in [0.3, 0.4) is 0 Å². The van der Waals surface area contributed by atoms with Crippen molar-refractivity contribution in [3.05, 3.63) is 35.9 Å². The van der Waals surface area contributed by atoms with Crippen molar-refractivity contribution < 1.29 is 13.2 Å². The average molecular weight is 302 g/mol. The van der Waals surface area contributed by atoms with Gasteiger partial charge in [0.2, 0.25) is 0 Å². The maximum absolute atomic E-state index is 12.7. The van der Waals surface area contributed by atoms with Gasteiger partial charge in [0.05, 0.1) is 6.42 Å². The molecule has 0 heterocycles. The maximum Gasteiger partial charge on any atom is 0.390 e. The fourth-order valence-corrected chi connectivity index (χ4v) is 2.34. The maximum atomic E-state index is 12.7. The highest BCUT2D eigenvalue weighted by atomic mass is 19.4. The molecule has 1 unspecified atom stereocenters. The van der Waals surface area contributed by atoms with Crippen molar-refractivity contribution in [2.75, 3.05) is 26.2 Å². The van der Waals surface area contributed by atoms with Crippen molar-refractivity contribution in [3.8, 4) is 0 Å². The largest absolute Gasteiger partial charge is 0.390 e. The normalized spacial score (nSPS) is 13.6. The van der Waals surface area contributed by atoms with Gasteiger partial charge in [0.15, 0.2) is 0 Å². The lowest BCUT2D eigenvalue weighted by Crippen LogP contribution is -2.31. The van der Waals surface area contributed by atoms with E-state index in [1.807, 2.05) is 6.07 Å². The predicted octanol–water partition coefficient (Wildman–Crippen LogP) is 4.00. The van der Waals surface area contributed by atoms with Crippen molar-refractivity contribution in [3.63, 3.8) is 0 Å². The van der Waals surface area contributed by atoms with Crippen LogP contribution in [0.15, 0.2) is 30.3 Å². The van der Waals surface area contributed by atoms with Crippen molar-refractivity contribution >= 4 is 0 Å². The molecule has 0 aromatic heterocycles.